The molecule has 122 valence electrons. The summed E-state index contributed by atoms with van der Waals surface area (Å²) in [6, 6.07) is 6.84. The Morgan fingerprint density at radius 3 is 2.50 bits per heavy atom. The van der Waals surface area contributed by atoms with Gasteiger partial charge in [0.2, 0.25) is 0 Å². The molecule has 1 aliphatic rings. The first-order chi connectivity index (χ1) is 10.1. The van der Waals surface area contributed by atoms with Crippen LogP contribution in [0.3, 0.4) is 0 Å². The molecule has 2 amide bonds. The van der Waals surface area contributed by atoms with Gasteiger partial charge in [-0.1, -0.05) is 0 Å². The van der Waals surface area contributed by atoms with Crippen LogP contribution in [0.1, 0.15) is 29.6 Å². The summed E-state index contributed by atoms with van der Waals surface area (Å²) >= 11 is 0. The first-order valence-corrected chi connectivity index (χ1v) is 7.14. The van der Waals surface area contributed by atoms with Crippen molar-refractivity contribution in [2.24, 2.45) is 11.5 Å². The molecule has 1 aromatic rings. The summed E-state index contributed by atoms with van der Waals surface area (Å²) < 4.78 is 5.17. The fourth-order valence-electron chi connectivity index (χ4n) is 2.53. The quantitative estimate of drug-likeness (QED) is 0.840. The molecule has 1 saturated heterocycles. The van der Waals surface area contributed by atoms with Gasteiger partial charge in [-0.15, -0.1) is 12.4 Å². The summed E-state index contributed by atoms with van der Waals surface area (Å²) in [7, 11) is 0. The van der Waals surface area contributed by atoms with Gasteiger partial charge in [0.15, 0.2) is 6.61 Å². The topological polar surface area (TPSA) is 98.7 Å². The van der Waals surface area contributed by atoms with Gasteiger partial charge in [-0.25, -0.2) is 0 Å². The van der Waals surface area contributed by atoms with Gasteiger partial charge in [-0.05, 0) is 43.5 Å². The number of ether oxygens (including phenoxy) is 1. The first kappa shape index (κ1) is 18.3. The monoisotopic (exact) mass is 327 g/mol. The number of hydrogen-bond acceptors (Lipinski definition) is 4. The summed E-state index contributed by atoms with van der Waals surface area (Å²) in [6.45, 7) is 1.07. The molecule has 1 aromatic carbocycles. The van der Waals surface area contributed by atoms with E-state index in [9.17, 15) is 9.59 Å². The largest absolute Gasteiger partial charge is 0.484 e. The van der Waals surface area contributed by atoms with E-state index in [1.807, 2.05) is 4.90 Å². The lowest BCUT2D eigenvalue weighted by atomic mass is 10.0. The molecule has 0 spiro atoms. The summed E-state index contributed by atoms with van der Waals surface area (Å²) in [5, 5.41) is 0. The number of hydrogen-bond donors (Lipinski definition) is 2. The Kier molecular flexibility index (Phi) is 7.14. The van der Waals surface area contributed by atoms with Gasteiger partial charge < -0.3 is 21.1 Å². The molecule has 1 atom stereocenters. The van der Waals surface area contributed by atoms with Crippen LogP contribution >= 0.6 is 12.4 Å². The van der Waals surface area contributed by atoms with E-state index in [1.54, 1.807) is 24.3 Å². The Morgan fingerprint density at radius 2 is 1.91 bits per heavy atom. The number of nitrogens with two attached hydrogens (primary N) is 2. The number of nitrogens with zero attached hydrogens (tertiary/aromatic N) is 1. The van der Waals surface area contributed by atoms with Crippen molar-refractivity contribution in [1.29, 1.82) is 0 Å². The van der Waals surface area contributed by atoms with Crippen molar-refractivity contribution < 1.29 is 14.3 Å². The zero-order valence-corrected chi connectivity index (χ0v) is 13.2. The zero-order valence-electron chi connectivity index (χ0n) is 12.4. The number of halogens is 1. The highest BCUT2D eigenvalue weighted by molar-refractivity contribution is 5.94. The summed E-state index contributed by atoms with van der Waals surface area (Å²) in [6.07, 6.45) is 3.09. The Balaban J connectivity index is 0.00000242. The standard InChI is InChI=1S/C15H21N3O3.ClH/c16-9-12-3-1-2-8-18(12)15(20)11-4-6-13(7-5-11)21-10-14(17)19;/h4-7,12H,1-3,8-10,16H2,(H2,17,19);1H. The van der Waals surface area contributed by atoms with Crippen molar-refractivity contribution in [2.45, 2.75) is 25.3 Å². The van der Waals surface area contributed by atoms with Crippen LogP contribution in [0.5, 0.6) is 5.75 Å². The summed E-state index contributed by atoms with van der Waals surface area (Å²) in [5.74, 6) is -0.0276. The Hall–Kier alpha value is -1.79. The van der Waals surface area contributed by atoms with E-state index < -0.39 is 5.91 Å². The van der Waals surface area contributed by atoms with E-state index in [0.29, 0.717) is 17.9 Å². The molecule has 0 radical (unpaired) electrons. The van der Waals surface area contributed by atoms with E-state index in [1.165, 1.54) is 0 Å². The third-order valence-corrected chi connectivity index (χ3v) is 3.64. The van der Waals surface area contributed by atoms with Crippen LogP contribution in [0.2, 0.25) is 0 Å². The van der Waals surface area contributed by atoms with E-state index in [4.69, 9.17) is 16.2 Å². The number of benzene rings is 1. The maximum atomic E-state index is 12.5. The van der Waals surface area contributed by atoms with Gasteiger partial charge in [-0.2, -0.15) is 0 Å². The third kappa shape index (κ3) is 4.61. The number of primary amides is 1. The molecule has 2 rings (SSSR count). The maximum absolute atomic E-state index is 12.5. The molecule has 0 saturated carbocycles. The molecule has 1 heterocycles. The van der Waals surface area contributed by atoms with Crippen molar-refractivity contribution in [3.63, 3.8) is 0 Å². The fourth-order valence-corrected chi connectivity index (χ4v) is 2.53. The number of carbonyl (C=O) groups excluding carboxylic acids is 2. The van der Waals surface area contributed by atoms with E-state index in [2.05, 4.69) is 0 Å². The van der Waals surface area contributed by atoms with Crippen molar-refractivity contribution in [2.75, 3.05) is 19.7 Å². The Labute approximate surface area is 136 Å². The molecule has 0 bridgehead atoms. The summed E-state index contributed by atoms with van der Waals surface area (Å²) in [5.41, 5.74) is 11.4. The lowest BCUT2D eigenvalue weighted by molar-refractivity contribution is -0.119. The Bertz CT molecular complexity index is 507. The molecule has 1 unspecified atom stereocenters. The fraction of sp³-hybridized carbons (Fsp3) is 0.467. The van der Waals surface area contributed by atoms with Gasteiger partial charge in [-0.3, -0.25) is 9.59 Å². The van der Waals surface area contributed by atoms with E-state index in [-0.39, 0.29) is 31.0 Å². The highest BCUT2D eigenvalue weighted by Gasteiger charge is 2.26. The third-order valence-electron chi connectivity index (χ3n) is 3.64. The van der Waals surface area contributed by atoms with E-state index >= 15 is 0 Å². The normalized spacial score (nSPS) is 17.5. The van der Waals surface area contributed by atoms with Crippen LogP contribution in [-0.2, 0) is 4.79 Å². The molecule has 0 aliphatic carbocycles. The number of likely N-dealkylation sites (tertiary alicyclic amines) is 1. The summed E-state index contributed by atoms with van der Waals surface area (Å²) in [4.78, 5) is 25.0. The van der Waals surface area contributed by atoms with Gasteiger partial charge >= 0.3 is 0 Å². The number of amides is 2. The minimum absolute atomic E-state index is 0. The first-order valence-electron chi connectivity index (χ1n) is 7.14. The second kappa shape index (κ2) is 8.60. The second-order valence-electron chi connectivity index (χ2n) is 5.16. The minimum atomic E-state index is -0.533. The lowest BCUT2D eigenvalue weighted by Crippen LogP contribution is -2.47. The highest BCUT2D eigenvalue weighted by atomic mass is 35.5. The Morgan fingerprint density at radius 1 is 1.23 bits per heavy atom. The maximum Gasteiger partial charge on any atom is 0.255 e. The zero-order chi connectivity index (χ0) is 15.2. The lowest BCUT2D eigenvalue weighted by Gasteiger charge is -2.35. The molecule has 1 fully saturated rings. The molecular formula is C15H22ClN3O3. The van der Waals surface area contributed by atoms with Crippen molar-refractivity contribution in [3.8, 4) is 5.75 Å². The molecule has 7 heteroatoms. The van der Waals surface area contributed by atoms with Crippen LogP contribution in [0.4, 0.5) is 0 Å². The molecule has 0 aromatic heterocycles. The van der Waals surface area contributed by atoms with Gasteiger partial charge in [0.25, 0.3) is 11.8 Å². The van der Waals surface area contributed by atoms with Crippen LogP contribution in [0.25, 0.3) is 0 Å². The van der Waals surface area contributed by atoms with Crippen LogP contribution in [0, 0.1) is 0 Å². The van der Waals surface area contributed by atoms with Crippen LogP contribution < -0.4 is 16.2 Å². The average Bonchev–Trinajstić information content (AvgIpc) is 2.52. The smallest absolute Gasteiger partial charge is 0.255 e. The van der Waals surface area contributed by atoms with Crippen molar-refractivity contribution in [1.82, 2.24) is 4.90 Å². The van der Waals surface area contributed by atoms with Crippen molar-refractivity contribution in [3.05, 3.63) is 29.8 Å². The number of piperidine rings is 1. The molecule has 1 aliphatic heterocycles. The molecule has 4 N–H and O–H groups in total. The predicted octanol–water partition coefficient (Wildman–Crippen LogP) is 0.926. The number of carbonyl (C=O) groups is 2. The predicted molar refractivity (Wildman–Crippen MR) is 86.1 cm³/mol. The molecule has 22 heavy (non-hydrogen) atoms. The second-order valence-corrected chi connectivity index (χ2v) is 5.16. The highest BCUT2D eigenvalue weighted by Crippen LogP contribution is 2.20. The van der Waals surface area contributed by atoms with Gasteiger partial charge in [0, 0.05) is 24.7 Å². The van der Waals surface area contributed by atoms with E-state index in [0.717, 1.165) is 25.8 Å². The van der Waals surface area contributed by atoms with Gasteiger partial charge in [0.05, 0.1) is 0 Å². The van der Waals surface area contributed by atoms with Crippen LogP contribution in [0.15, 0.2) is 24.3 Å². The minimum Gasteiger partial charge on any atom is -0.484 e. The van der Waals surface area contributed by atoms with Gasteiger partial charge in [0.1, 0.15) is 5.75 Å². The average molecular weight is 328 g/mol. The molecule has 6 nitrogen and oxygen atoms in total. The molecular weight excluding hydrogens is 306 g/mol. The number of rotatable bonds is 5. The van der Waals surface area contributed by atoms with Crippen LogP contribution in [-0.4, -0.2) is 42.5 Å². The van der Waals surface area contributed by atoms with Crippen molar-refractivity contribution >= 4 is 24.2 Å². The SMILES string of the molecule is Cl.NCC1CCCCN1C(=O)c1ccc(OCC(N)=O)cc1.